The Morgan fingerprint density at radius 3 is 2.56 bits per heavy atom. The minimum absolute atomic E-state index is 0.0926. The summed E-state index contributed by atoms with van der Waals surface area (Å²) in [6, 6.07) is 6.54. The van der Waals surface area contributed by atoms with Crippen molar-refractivity contribution in [2.24, 2.45) is 0 Å². The van der Waals surface area contributed by atoms with Gasteiger partial charge in [-0.25, -0.2) is 8.88 Å². The Kier molecular flexibility index (Phi) is 2.61. The maximum absolute atomic E-state index is 11.6. The van der Waals surface area contributed by atoms with Gasteiger partial charge >= 0.3 is 5.97 Å². The molecule has 0 aliphatic rings. The molecule has 0 aliphatic heterocycles. The molecular weight excluding hydrogens is 253 g/mol. The molecule has 1 aromatic heterocycles. The number of pyridine rings is 1. The van der Waals surface area contributed by atoms with Crippen LogP contribution in [0.3, 0.4) is 0 Å². The SMILES string of the molecule is O=C(O)c1c(Cl)c2ccccc2n(Cl)c1=O. The number of hydrogen-bond acceptors (Lipinski definition) is 2. The molecule has 0 fully saturated rings. The average Bonchev–Trinajstić information content (AvgIpc) is 2.26. The number of carbonyl (C=O) groups is 1. The Morgan fingerprint density at radius 2 is 1.94 bits per heavy atom. The van der Waals surface area contributed by atoms with Crippen LogP contribution < -0.4 is 5.56 Å². The molecule has 0 aliphatic carbocycles. The molecule has 82 valence electrons. The van der Waals surface area contributed by atoms with Crippen molar-refractivity contribution in [2.75, 3.05) is 0 Å². The average molecular weight is 258 g/mol. The highest BCUT2D eigenvalue weighted by Gasteiger charge is 2.19. The molecule has 16 heavy (non-hydrogen) atoms. The zero-order chi connectivity index (χ0) is 11.9. The van der Waals surface area contributed by atoms with Gasteiger partial charge in [0.15, 0.2) is 0 Å². The Hall–Kier alpha value is -1.52. The van der Waals surface area contributed by atoms with Gasteiger partial charge in [0.2, 0.25) is 0 Å². The van der Waals surface area contributed by atoms with E-state index in [0.717, 1.165) is 4.09 Å². The van der Waals surface area contributed by atoms with E-state index in [1.807, 2.05) is 0 Å². The van der Waals surface area contributed by atoms with Crippen LogP contribution in [0.2, 0.25) is 5.02 Å². The molecule has 6 heteroatoms. The van der Waals surface area contributed by atoms with Gasteiger partial charge in [-0.2, -0.15) is 0 Å². The minimum Gasteiger partial charge on any atom is -0.477 e. The number of aromatic nitrogens is 1. The molecule has 2 rings (SSSR count). The first kappa shape index (κ1) is 11.0. The van der Waals surface area contributed by atoms with E-state index in [4.69, 9.17) is 28.5 Å². The van der Waals surface area contributed by atoms with E-state index in [1.54, 1.807) is 24.3 Å². The van der Waals surface area contributed by atoms with Gasteiger partial charge in [-0.1, -0.05) is 29.8 Å². The fourth-order valence-electron chi connectivity index (χ4n) is 1.45. The molecule has 0 atom stereocenters. The Bertz CT molecular complexity index is 648. The van der Waals surface area contributed by atoms with E-state index in [2.05, 4.69) is 0 Å². The Labute approximate surface area is 99.7 Å². The van der Waals surface area contributed by atoms with Crippen LogP contribution in [-0.4, -0.2) is 15.2 Å². The van der Waals surface area contributed by atoms with Crippen LogP contribution >= 0.6 is 23.4 Å². The summed E-state index contributed by atoms with van der Waals surface area (Å²) >= 11 is 11.6. The number of benzene rings is 1. The van der Waals surface area contributed by atoms with Crippen LogP contribution in [0.4, 0.5) is 0 Å². The van der Waals surface area contributed by atoms with Crippen molar-refractivity contribution in [1.82, 2.24) is 4.09 Å². The maximum Gasteiger partial charge on any atom is 0.342 e. The number of halogens is 2. The Morgan fingerprint density at radius 1 is 1.31 bits per heavy atom. The number of fused-ring (bicyclic) bond motifs is 1. The lowest BCUT2D eigenvalue weighted by atomic mass is 10.1. The van der Waals surface area contributed by atoms with Gasteiger partial charge < -0.3 is 5.11 Å². The van der Waals surface area contributed by atoms with E-state index >= 15 is 0 Å². The first-order valence-corrected chi connectivity index (χ1v) is 4.98. The van der Waals surface area contributed by atoms with Crippen molar-refractivity contribution in [3.63, 3.8) is 0 Å². The highest BCUT2D eigenvalue weighted by molar-refractivity contribution is 6.38. The van der Waals surface area contributed by atoms with Gasteiger partial charge in [0.1, 0.15) is 5.56 Å². The van der Waals surface area contributed by atoms with Crippen LogP contribution in [0.5, 0.6) is 0 Å². The second-order valence-electron chi connectivity index (χ2n) is 3.10. The lowest BCUT2D eigenvalue weighted by Crippen LogP contribution is -2.22. The second-order valence-corrected chi connectivity index (χ2v) is 3.81. The molecular formula is C10H5Cl2NO3. The highest BCUT2D eigenvalue weighted by Crippen LogP contribution is 2.25. The summed E-state index contributed by atoms with van der Waals surface area (Å²) in [7, 11) is 0. The fraction of sp³-hybridized carbons (Fsp3) is 0. The molecule has 0 saturated carbocycles. The summed E-state index contributed by atoms with van der Waals surface area (Å²) in [4.78, 5) is 22.5. The number of hydrogen-bond donors (Lipinski definition) is 1. The molecule has 0 saturated heterocycles. The third kappa shape index (κ3) is 1.47. The molecule has 4 nitrogen and oxygen atoms in total. The van der Waals surface area contributed by atoms with E-state index in [0.29, 0.717) is 10.9 Å². The van der Waals surface area contributed by atoms with Crippen molar-refractivity contribution < 1.29 is 9.90 Å². The lowest BCUT2D eigenvalue weighted by Gasteiger charge is -2.06. The third-order valence-electron chi connectivity index (χ3n) is 2.18. The molecule has 2 aromatic rings. The number of carboxylic acid groups (broad SMARTS) is 1. The summed E-state index contributed by atoms with van der Waals surface area (Å²) in [6.45, 7) is 0. The predicted molar refractivity (Wildman–Crippen MR) is 61.4 cm³/mol. The maximum atomic E-state index is 11.6. The molecule has 0 amide bonds. The zero-order valence-electron chi connectivity index (χ0n) is 7.78. The van der Waals surface area contributed by atoms with Crippen molar-refractivity contribution in [3.8, 4) is 0 Å². The predicted octanol–water partition coefficient (Wildman–Crippen LogP) is 2.36. The summed E-state index contributed by atoms with van der Waals surface area (Å²) in [6.07, 6.45) is 0. The van der Waals surface area contributed by atoms with Gasteiger partial charge in [-0.05, 0) is 6.07 Å². The van der Waals surface area contributed by atoms with Crippen molar-refractivity contribution in [1.29, 1.82) is 0 Å². The van der Waals surface area contributed by atoms with E-state index in [-0.39, 0.29) is 5.02 Å². The number of aromatic carboxylic acids is 1. The van der Waals surface area contributed by atoms with Gasteiger partial charge in [0.05, 0.1) is 10.5 Å². The summed E-state index contributed by atoms with van der Waals surface area (Å²) < 4.78 is 0.755. The second kappa shape index (κ2) is 3.81. The molecule has 0 radical (unpaired) electrons. The van der Waals surface area contributed by atoms with E-state index in [9.17, 15) is 9.59 Å². The number of carboxylic acids is 1. The molecule has 0 unspecified atom stereocenters. The van der Waals surface area contributed by atoms with Crippen molar-refractivity contribution in [2.45, 2.75) is 0 Å². The van der Waals surface area contributed by atoms with E-state index < -0.39 is 17.1 Å². The summed E-state index contributed by atoms with van der Waals surface area (Å²) in [5.41, 5.74) is -0.975. The number of rotatable bonds is 1. The summed E-state index contributed by atoms with van der Waals surface area (Å²) in [5.74, 6) is -1.39. The molecule has 0 spiro atoms. The lowest BCUT2D eigenvalue weighted by molar-refractivity contribution is 0.0695. The van der Waals surface area contributed by atoms with Crippen LogP contribution in [0.15, 0.2) is 29.1 Å². The van der Waals surface area contributed by atoms with Crippen molar-refractivity contribution >= 4 is 40.2 Å². The normalized spacial score (nSPS) is 10.6. The molecule has 1 heterocycles. The smallest absolute Gasteiger partial charge is 0.342 e. The standard InChI is InChI=1S/C10H5Cl2NO3/c11-8-5-3-1-2-4-6(5)13(12)9(14)7(8)10(15)16/h1-4H,(H,15,16). The summed E-state index contributed by atoms with van der Waals surface area (Å²) in [5, 5.41) is 9.21. The van der Waals surface area contributed by atoms with Crippen LogP contribution in [-0.2, 0) is 0 Å². The molecule has 1 aromatic carbocycles. The topological polar surface area (TPSA) is 59.3 Å². The Balaban J connectivity index is 3.07. The van der Waals surface area contributed by atoms with Crippen molar-refractivity contribution in [3.05, 3.63) is 45.2 Å². The highest BCUT2D eigenvalue weighted by atomic mass is 35.5. The first-order valence-electron chi connectivity index (χ1n) is 4.26. The monoisotopic (exact) mass is 257 g/mol. The van der Waals surface area contributed by atoms with Crippen LogP contribution in [0.25, 0.3) is 10.9 Å². The molecule has 0 bridgehead atoms. The largest absolute Gasteiger partial charge is 0.477 e. The number of para-hydroxylation sites is 1. The first-order chi connectivity index (χ1) is 7.54. The van der Waals surface area contributed by atoms with E-state index in [1.165, 1.54) is 0 Å². The minimum atomic E-state index is -1.39. The fourth-order valence-corrected chi connectivity index (χ4v) is 2.01. The van der Waals surface area contributed by atoms with Gasteiger partial charge in [0.25, 0.3) is 5.56 Å². The zero-order valence-corrected chi connectivity index (χ0v) is 9.29. The third-order valence-corrected chi connectivity index (χ3v) is 2.91. The van der Waals surface area contributed by atoms with Gasteiger partial charge in [-0.15, -0.1) is 0 Å². The van der Waals surface area contributed by atoms with Gasteiger partial charge in [0, 0.05) is 17.2 Å². The quantitative estimate of drug-likeness (QED) is 0.854. The number of nitrogens with zero attached hydrogens (tertiary/aromatic N) is 1. The van der Waals surface area contributed by atoms with Gasteiger partial charge in [-0.3, -0.25) is 4.79 Å². The van der Waals surface area contributed by atoms with Crippen LogP contribution in [0.1, 0.15) is 10.4 Å². The van der Waals surface area contributed by atoms with Crippen LogP contribution in [0, 0.1) is 0 Å². The molecule has 1 N–H and O–H groups in total.